The van der Waals surface area contributed by atoms with Crippen molar-refractivity contribution in [2.75, 3.05) is 26.2 Å². The van der Waals surface area contributed by atoms with Gasteiger partial charge in [0.05, 0.1) is 5.56 Å². The molecule has 0 aromatic heterocycles. The van der Waals surface area contributed by atoms with Gasteiger partial charge in [0, 0.05) is 26.2 Å². The number of aliphatic imine (C=N–C) groups is 1. The Kier molecular flexibility index (Phi) is 11.2. The van der Waals surface area contributed by atoms with Gasteiger partial charge in [0.1, 0.15) is 5.75 Å². The summed E-state index contributed by atoms with van der Waals surface area (Å²) in [5, 5.41) is 18.6. The summed E-state index contributed by atoms with van der Waals surface area (Å²) in [6.07, 6.45) is 0.987. The van der Waals surface area contributed by atoms with Crippen LogP contribution in [0.25, 0.3) is 0 Å². The Hall–Kier alpha value is -1.51. The molecule has 0 aliphatic heterocycles. The lowest BCUT2D eigenvalue weighted by Gasteiger charge is -2.12. The van der Waals surface area contributed by atoms with Gasteiger partial charge in [-0.25, -0.2) is 0 Å². The monoisotopic (exact) mass is 420 g/mol. The molecule has 22 heavy (non-hydrogen) atoms. The van der Waals surface area contributed by atoms with Crippen LogP contribution in [0.1, 0.15) is 30.6 Å². The maximum absolute atomic E-state index is 11.9. The van der Waals surface area contributed by atoms with Gasteiger partial charge in [0.15, 0.2) is 5.96 Å². The molecule has 0 spiro atoms. The molecule has 0 saturated heterocycles. The molecule has 0 aliphatic carbocycles. The second kappa shape index (κ2) is 12.1. The predicted octanol–water partition coefficient (Wildman–Crippen LogP) is 1.71. The van der Waals surface area contributed by atoms with Gasteiger partial charge in [-0.15, -0.1) is 24.0 Å². The summed E-state index contributed by atoms with van der Waals surface area (Å²) in [6.45, 7) is 6.64. The molecule has 1 aromatic carbocycles. The molecule has 4 N–H and O–H groups in total. The van der Waals surface area contributed by atoms with Gasteiger partial charge in [-0.3, -0.25) is 9.79 Å². The first kappa shape index (κ1) is 20.5. The van der Waals surface area contributed by atoms with E-state index in [1.165, 1.54) is 6.07 Å². The van der Waals surface area contributed by atoms with Gasteiger partial charge in [-0.2, -0.15) is 0 Å². The molecule has 6 nitrogen and oxygen atoms in total. The number of carbonyl (C=O) groups is 1. The minimum Gasteiger partial charge on any atom is -0.507 e. The van der Waals surface area contributed by atoms with Crippen molar-refractivity contribution in [1.82, 2.24) is 16.0 Å². The Morgan fingerprint density at radius 1 is 1.14 bits per heavy atom. The fourth-order valence-corrected chi connectivity index (χ4v) is 1.68. The Morgan fingerprint density at radius 3 is 2.45 bits per heavy atom. The summed E-state index contributed by atoms with van der Waals surface area (Å²) < 4.78 is 0. The van der Waals surface area contributed by atoms with Crippen LogP contribution in [0, 0.1) is 0 Å². The lowest BCUT2D eigenvalue weighted by molar-refractivity contribution is 0.0951. The van der Waals surface area contributed by atoms with Crippen molar-refractivity contribution in [3.05, 3.63) is 29.8 Å². The SMILES string of the molecule is CCCN=C(NCC)NCCNC(=O)c1ccccc1O.I. The molecular weight excluding hydrogens is 395 g/mol. The molecule has 0 unspecified atom stereocenters. The number of nitrogens with one attached hydrogen (secondary N) is 3. The molecule has 0 bridgehead atoms. The largest absolute Gasteiger partial charge is 0.507 e. The van der Waals surface area contributed by atoms with Gasteiger partial charge in [-0.05, 0) is 25.5 Å². The second-order valence-corrected chi connectivity index (χ2v) is 4.46. The maximum Gasteiger partial charge on any atom is 0.255 e. The Balaban J connectivity index is 0.00000441. The topological polar surface area (TPSA) is 85.8 Å². The van der Waals surface area contributed by atoms with Crippen LogP contribution in [0.3, 0.4) is 0 Å². The summed E-state index contributed by atoms with van der Waals surface area (Å²) in [5.41, 5.74) is 0.282. The van der Waals surface area contributed by atoms with Gasteiger partial charge in [0.25, 0.3) is 5.91 Å². The Labute approximate surface area is 148 Å². The fraction of sp³-hybridized carbons (Fsp3) is 0.467. The van der Waals surface area contributed by atoms with Gasteiger partial charge < -0.3 is 21.1 Å². The van der Waals surface area contributed by atoms with Crippen LogP contribution in [0.5, 0.6) is 5.75 Å². The first-order valence-electron chi connectivity index (χ1n) is 7.27. The van der Waals surface area contributed by atoms with Crippen LogP contribution in [0.4, 0.5) is 0 Å². The van der Waals surface area contributed by atoms with Crippen molar-refractivity contribution in [2.45, 2.75) is 20.3 Å². The molecule has 7 heteroatoms. The van der Waals surface area contributed by atoms with E-state index >= 15 is 0 Å². The van der Waals surface area contributed by atoms with Crippen LogP contribution in [-0.4, -0.2) is 43.2 Å². The highest BCUT2D eigenvalue weighted by Gasteiger charge is 2.08. The van der Waals surface area contributed by atoms with Crippen molar-refractivity contribution in [3.8, 4) is 5.75 Å². The van der Waals surface area contributed by atoms with Crippen LogP contribution in [-0.2, 0) is 0 Å². The number of guanidine groups is 1. The van der Waals surface area contributed by atoms with Gasteiger partial charge >= 0.3 is 0 Å². The summed E-state index contributed by atoms with van der Waals surface area (Å²) in [7, 11) is 0. The average molecular weight is 420 g/mol. The number of carbonyl (C=O) groups excluding carboxylic acids is 1. The molecule has 0 atom stereocenters. The van der Waals surface area contributed by atoms with Crippen LogP contribution in [0.2, 0.25) is 0 Å². The van der Waals surface area contributed by atoms with Crippen molar-refractivity contribution in [2.24, 2.45) is 4.99 Å². The molecular formula is C15H25IN4O2. The molecule has 1 aromatic rings. The number of halogens is 1. The molecule has 1 amide bonds. The molecule has 0 saturated carbocycles. The zero-order valence-corrected chi connectivity index (χ0v) is 15.4. The number of rotatable bonds is 7. The first-order valence-corrected chi connectivity index (χ1v) is 7.27. The third-order valence-electron chi connectivity index (χ3n) is 2.69. The smallest absolute Gasteiger partial charge is 0.255 e. The number of phenolic OH excluding ortho intramolecular Hbond substituents is 1. The summed E-state index contributed by atoms with van der Waals surface area (Å²) >= 11 is 0. The van der Waals surface area contributed by atoms with E-state index in [1.807, 2.05) is 6.92 Å². The quantitative estimate of drug-likeness (QED) is 0.234. The summed E-state index contributed by atoms with van der Waals surface area (Å²) in [5.74, 6) is 0.447. The number of nitrogens with zero attached hydrogens (tertiary/aromatic N) is 1. The number of benzene rings is 1. The number of phenols is 1. The number of amides is 1. The molecule has 0 fully saturated rings. The van der Waals surface area contributed by atoms with Gasteiger partial charge in [0.2, 0.25) is 0 Å². The second-order valence-electron chi connectivity index (χ2n) is 4.46. The zero-order valence-electron chi connectivity index (χ0n) is 13.1. The predicted molar refractivity (Wildman–Crippen MR) is 100 cm³/mol. The van der Waals surface area contributed by atoms with E-state index in [0.717, 1.165) is 25.5 Å². The van der Waals surface area contributed by atoms with E-state index in [1.54, 1.807) is 18.2 Å². The van der Waals surface area contributed by atoms with E-state index in [9.17, 15) is 9.90 Å². The lowest BCUT2D eigenvalue weighted by Crippen LogP contribution is -2.41. The van der Waals surface area contributed by atoms with E-state index in [0.29, 0.717) is 13.1 Å². The van der Waals surface area contributed by atoms with E-state index in [4.69, 9.17) is 0 Å². The number of para-hydroxylation sites is 1. The zero-order chi connectivity index (χ0) is 15.5. The van der Waals surface area contributed by atoms with Crippen LogP contribution >= 0.6 is 24.0 Å². The normalized spacial score (nSPS) is 10.5. The van der Waals surface area contributed by atoms with Crippen molar-refractivity contribution < 1.29 is 9.90 Å². The molecule has 124 valence electrons. The van der Waals surface area contributed by atoms with Crippen LogP contribution in [0.15, 0.2) is 29.3 Å². The van der Waals surface area contributed by atoms with E-state index in [-0.39, 0.29) is 41.2 Å². The lowest BCUT2D eigenvalue weighted by atomic mass is 10.2. The van der Waals surface area contributed by atoms with E-state index < -0.39 is 0 Å². The highest BCUT2D eigenvalue weighted by molar-refractivity contribution is 14.0. The standard InChI is InChI=1S/C15H24N4O2.HI/c1-3-9-18-15(16-4-2)19-11-10-17-14(21)12-7-5-6-8-13(12)20;/h5-8,20H,3-4,9-11H2,1-2H3,(H,17,21)(H2,16,18,19);1H. The highest BCUT2D eigenvalue weighted by Crippen LogP contribution is 2.14. The molecule has 0 heterocycles. The Morgan fingerprint density at radius 2 is 1.82 bits per heavy atom. The third kappa shape index (κ3) is 7.48. The van der Waals surface area contributed by atoms with Crippen molar-refractivity contribution >= 4 is 35.8 Å². The first-order chi connectivity index (χ1) is 10.2. The van der Waals surface area contributed by atoms with Crippen molar-refractivity contribution in [3.63, 3.8) is 0 Å². The molecule has 1 rings (SSSR count). The third-order valence-corrected chi connectivity index (χ3v) is 2.69. The maximum atomic E-state index is 11.9. The Bertz CT molecular complexity index is 480. The fourth-order valence-electron chi connectivity index (χ4n) is 1.68. The van der Waals surface area contributed by atoms with E-state index in [2.05, 4.69) is 27.9 Å². The summed E-state index contributed by atoms with van der Waals surface area (Å²) in [6, 6.07) is 6.48. The number of aromatic hydroxyl groups is 1. The minimum atomic E-state index is -0.287. The molecule has 0 aliphatic rings. The average Bonchev–Trinajstić information content (AvgIpc) is 2.49. The minimum absolute atomic E-state index is 0. The molecule has 0 radical (unpaired) electrons. The highest BCUT2D eigenvalue weighted by atomic mass is 127. The van der Waals surface area contributed by atoms with Crippen molar-refractivity contribution in [1.29, 1.82) is 0 Å². The van der Waals surface area contributed by atoms with Crippen LogP contribution < -0.4 is 16.0 Å². The number of hydrogen-bond donors (Lipinski definition) is 4. The van der Waals surface area contributed by atoms with Gasteiger partial charge in [-0.1, -0.05) is 19.1 Å². The summed E-state index contributed by atoms with van der Waals surface area (Å²) in [4.78, 5) is 16.2. The number of hydrogen-bond acceptors (Lipinski definition) is 3.